The molecule has 4 heteroatoms. The predicted octanol–water partition coefficient (Wildman–Crippen LogP) is 4.91. The first-order chi connectivity index (χ1) is 12.8. The van der Waals surface area contributed by atoms with Crippen molar-refractivity contribution in [2.45, 2.75) is 0 Å². The van der Waals surface area contributed by atoms with E-state index in [1.54, 1.807) is 61.2 Å². The number of para-hydroxylation sites is 2. The second kappa shape index (κ2) is 8.44. The largest absolute Gasteiger partial charge is 0.507 e. The summed E-state index contributed by atoms with van der Waals surface area (Å²) in [7, 11) is 0. The van der Waals surface area contributed by atoms with Crippen molar-refractivity contribution in [3.63, 3.8) is 0 Å². The van der Waals surface area contributed by atoms with Crippen LogP contribution in [0.5, 0.6) is 11.5 Å². The fraction of sp³-hybridized carbons (Fsp3) is 0. The van der Waals surface area contributed by atoms with Gasteiger partial charge in [0.15, 0.2) is 0 Å². The standard InChI is InChI=1S/C12H10O2.C10H8N2/c13-11-7-3-1-5-9(11)10-6-2-4-8-12(10)14;1-5-11-6-2-9(1)10-3-7-12-8-4-10/h1-8,13-14H;1-8H. The van der Waals surface area contributed by atoms with Crippen LogP contribution in [0.1, 0.15) is 0 Å². The Balaban J connectivity index is 0.000000152. The van der Waals surface area contributed by atoms with Crippen molar-refractivity contribution in [3.8, 4) is 33.8 Å². The molecule has 2 aromatic heterocycles. The molecule has 0 spiro atoms. The Morgan fingerprint density at radius 1 is 0.462 bits per heavy atom. The minimum absolute atomic E-state index is 0.175. The lowest BCUT2D eigenvalue weighted by atomic mass is 10.0. The molecule has 0 saturated heterocycles. The van der Waals surface area contributed by atoms with E-state index in [0.717, 1.165) is 0 Å². The highest BCUT2D eigenvalue weighted by Crippen LogP contribution is 2.34. The maximum absolute atomic E-state index is 9.58. The minimum Gasteiger partial charge on any atom is -0.507 e. The van der Waals surface area contributed by atoms with Crippen LogP contribution in [-0.2, 0) is 0 Å². The molecule has 0 fully saturated rings. The van der Waals surface area contributed by atoms with Gasteiger partial charge in [0.05, 0.1) is 0 Å². The molecule has 0 unspecified atom stereocenters. The molecule has 0 aliphatic heterocycles. The molecule has 2 N–H and O–H groups in total. The SMILES string of the molecule is Oc1ccccc1-c1ccccc1O.c1cc(-c2ccncc2)ccn1. The summed E-state index contributed by atoms with van der Waals surface area (Å²) in [6, 6.07) is 21.8. The topological polar surface area (TPSA) is 66.2 Å². The average molecular weight is 342 g/mol. The summed E-state index contributed by atoms with van der Waals surface area (Å²) in [6.07, 6.45) is 7.15. The van der Waals surface area contributed by atoms with Crippen molar-refractivity contribution in [2.24, 2.45) is 0 Å². The Kier molecular flexibility index (Phi) is 5.58. The van der Waals surface area contributed by atoms with E-state index in [0.29, 0.717) is 11.1 Å². The van der Waals surface area contributed by atoms with Crippen LogP contribution in [0.3, 0.4) is 0 Å². The van der Waals surface area contributed by atoms with E-state index in [1.165, 1.54) is 11.1 Å². The van der Waals surface area contributed by atoms with E-state index in [2.05, 4.69) is 9.97 Å². The molecule has 2 aromatic carbocycles. The number of nitrogens with zero attached hydrogens (tertiary/aromatic N) is 2. The number of aromatic nitrogens is 2. The van der Waals surface area contributed by atoms with Gasteiger partial charge in [0.25, 0.3) is 0 Å². The van der Waals surface area contributed by atoms with Gasteiger partial charge in [-0.25, -0.2) is 0 Å². The van der Waals surface area contributed by atoms with Gasteiger partial charge in [-0.05, 0) is 47.5 Å². The van der Waals surface area contributed by atoms with Crippen molar-refractivity contribution in [2.75, 3.05) is 0 Å². The van der Waals surface area contributed by atoms with Gasteiger partial charge in [-0.2, -0.15) is 0 Å². The lowest BCUT2D eigenvalue weighted by Gasteiger charge is -2.05. The normalized spacial score (nSPS) is 9.85. The summed E-state index contributed by atoms with van der Waals surface area (Å²) < 4.78 is 0. The molecule has 0 saturated carbocycles. The molecule has 0 radical (unpaired) electrons. The predicted molar refractivity (Wildman–Crippen MR) is 103 cm³/mol. The Labute approximate surface area is 152 Å². The molecule has 4 nitrogen and oxygen atoms in total. The number of phenolic OH excluding ortho intramolecular Hbond substituents is 2. The summed E-state index contributed by atoms with van der Waals surface area (Å²) in [4.78, 5) is 7.91. The lowest BCUT2D eigenvalue weighted by molar-refractivity contribution is 0.469. The quantitative estimate of drug-likeness (QED) is 0.543. The van der Waals surface area contributed by atoms with Gasteiger partial charge in [0.2, 0.25) is 0 Å². The Hall–Kier alpha value is -3.66. The van der Waals surface area contributed by atoms with Crippen LogP contribution in [0, 0.1) is 0 Å². The smallest absolute Gasteiger partial charge is 0.123 e. The fourth-order valence-corrected chi connectivity index (χ4v) is 2.49. The van der Waals surface area contributed by atoms with Crippen molar-refractivity contribution in [1.82, 2.24) is 9.97 Å². The van der Waals surface area contributed by atoms with Gasteiger partial charge in [0, 0.05) is 35.9 Å². The summed E-state index contributed by atoms with van der Waals surface area (Å²) in [6.45, 7) is 0. The minimum atomic E-state index is 0.175. The molecule has 4 aromatic rings. The highest BCUT2D eigenvalue weighted by molar-refractivity contribution is 5.74. The van der Waals surface area contributed by atoms with E-state index in [4.69, 9.17) is 0 Å². The van der Waals surface area contributed by atoms with E-state index < -0.39 is 0 Å². The number of phenols is 2. The number of hydrogen-bond acceptors (Lipinski definition) is 4. The highest BCUT2D eigenvalue weighted by Gasteiger charge is 2.06. The number of hydrogen-bond donors (Lipinski definition) is 2. The van der Waals surface area contributed by atoms with Gasteiger partial charge >= 0.3 is 0 Å². The van der Waals surface area contributed by atoms with Crippen LogP contribution in [0.25, 0.3) is 22.3 Å². The van der Waals surface area contributed by atoms with Gasteiger partial charge in [-0.15, -0.1) is 0 Å². The van der Waals surface area contributed by atoms with E-state index in [9.17, 15) is 10.2 Å². The van der Waals surface area contributed by atoms with Crippen molar-refractivity contribution in [1.29, 1.82) is 0 Å². The molecule has 4 rings (SSSR count). The van der Waals surface area contributed by atoms with Crippen LogP contribution in [0.2, 0.25) is 0 Å². The molecule has 0 aliphatic carbocycles. The summed E-state index contributed by atoms with van der Waals surface area (Å²) in [5, 5.41) is 19.2. The third-order valence-electron chi connectivity index (χ3n) is 3.79. The number of benzene rings is 2. The molecule has 0 amide bonds. The van der Waals surface area contributed by atoms with Crippen LogP contribution in [-0.4, -0.2) is 20.2 Å². The molecule has 0 bridgehead atoms. The van der Waals surface area contributed by atoms with Crippen molar-refractivity contribution >= 4 is 0 Å². The number of rotatable bonds is 2. The van der Waals surface area contributed by atoms with Crippen LogP contribution >= 0.6 is 0 Å². The maximum atomic E-state index is 9.58. The summed E-state index contributed by atoms with van der Waals surface area (Å²) in [5.41, 5.74) is 3.64. The van der Waals surface area contributed by atoms with E-state index >= 15 is 0 Å². The number of aromatic hydroxyl groups is 2. The zero-order valence-corrected chi connectivity index (χ0v) is 14.0. The molecular formula is C22H18N2O2. The first-order valence-corrected chi connectivity index (χ1v) is 8.12. The third-order valence-corrected chi connectivity index (χ3v) is 3.79. The Morgan fingerprint density at radius 2 is 0.808 bits per heavy atom. The van der Waals surface area contributed by atoms with E-state index in [1.807, 2.05) is 36.4 Å². The van der Waals surface area contributed by atoms with Gasteiger partial charge in [-0.1, -0.05) is 36.4 Å². The number of pyridine rings is 2. The third kappa shape index (κ3) is 4.24. The summed E-state index contributed by atoms with van der Waals surface area (Å²) in [5.74, 6) is 0.350. The zero-order valence-electron chi connectivity index (χ0n) is 14.0. The highest BCUT2D eigenvalue weighted by atomic mass is 16.3. The van der Waals surface area contributed by atoms with E-state index in [-0.39, 0.29) is 11.5 Å². The Bertz CT molecular complexity index is 877. The fourth-order valence-electron chi connectivity index (χ4n) is 2.49. The molecule has 2 heterocycles. The first-order valence-electron chi connectivity index (χ1n) is 8.12. The Morgan fingerprint density at radius 3 is 1.15 bits per heavy atom. The first kappa shape index (κ1) is 17.2. The maximum Gasteiger partial charge on any atom is 0.123 e. The molecular weight excluding hydrogens is 324 g/mol. The van der Waals surface area contributed by atoms with Crippen LogP contribution in [0.4, 0.5) is 0 Å². The van der Waals surface area contributed by atoms with Gasteiger partial charge in [0.1, 0.15) is 11.5 Å². The molecule has 0 atom stereocenters. The molecule has 26 heavy (non-hydrogen) atoms. The lowest BCUT2D eigenvalue weighted by Crippen LogP contribution is -1.79. The second-order valence-corrected chi connectivity index (χ2v) is 5.51. The average Bonchev–Trinajstić information content (AvgIpc) is 2.71. The van der Waals surface area contributed by atoms with Crippen molar-refractivity contribution in [3.05, 3.63) is 97.6 Å². The molecule has 128 valence electrons. The second-order valence-electron chi connectivity index (χ2n) is 5.51. The summed E-state index contributed by atoms with van der Waals surface area (Å²) >= 11 is 0. The zero-order chi connectivity index (χ0) is 18.2. The van der Waals surface area contributed by atoms with Crippen LogP contribution in [0.15, 0.2) is 97.6 Å². The van der Waals surface area contributed by atoms with Crippen molar-refractivity contribution < 1.29 is 10.2 Å². The van der Waals surface area contributed by atoms with Gasteiger partial charge < -0.3 is 10.2 Å². The molecule has 0 aliphatic rings. The van der Waals surface area contributed by atoms with Gasteiger partial charge in [-0.3, -0.25) is 9.97 Å². The monoisotopic (exact) mass is 342 g/mol. The van der Waals surface area contributed by atoms with Crippen LogP contribution < -0.4 is 0 Å².